The molecule has 3 heteroatoms. The molecule has 0 spiro atoms. The molecule has 0 radical (unpaired) electrons. The van der Waals surface area contributed by atoms with Gasteiger partial charge in [0.1, 0.15) is 6.61 Å². The summed E-state index contributed by atoms with van der Waals surface area (Å²) >= 11 is 0. The number of ether oxygens (including phenoxy) is 1. The summed E-state index contributed by atoms with van der Waals surface area (Å²) in [5, 5.41) is 0. The number of nitrogen functional groups attached to an aromatic ring is 1. The molecule has 2 aromatic rings. The lowest BCUT2D eigenvalue weighted by Crippen LogP contribution is -2.00. The zero-order valence-electron chi connectivity index (χ0n) is 11.5. The average molecular weight is 259 g/mol. The first kappa shape index (κ1) is 13.4. The maximum Gasteiger partial charge on any atom is 0.167 e. The van der Waals surface area contributed by atoms with E-state index in [0.29, 0.717) is 12.3 Å². The number of hydrogen-bond acceptors (Lipinski definition) is 2. The second-order valence-electron chi connectivity index (χ2n) is 4.85. The first-order valence-electron chi connectivity index (χ1n) is 6.22. The van der Waals surface area contributed by atoms with E-state index in [1.54, 1.807) is 6.07 Å². The van der Waals surface area contributed by atoms with Gasteiger partial charge in [0.05, 0.1) is 0 Å². The van der Waals surface area contributed by atoms with E-state index in [0.717, 1.165) is 11.1 Å². The second kappa shape index (κ2) is 5.31. The lowest BCUT2D eigenvalue weighted by atomic mass is 10.1. The van der Waals surface area contributed by atoms with Gasteiger partial charge in [-0.05, 0) is 49.1 Å². The fraction of sp³-hybridized carbons (Fsp3) is 0.250. The van der Waals surface area contributed by atoms with Gasteiger partial charge >= 0.3 is 0 Å². The molecule has 19 heavy (non-hydrogen) atoms. The van der Waals surface area contributed by atoms with Gasteiger partial charge in [0.2, 0.25) is 0 Å². The molecule has 0 amide bonds. The highest BCUT2D eigenvalue weighted by molar-refractivity contribution is 5.50. The molecule has 0 aliphatic heterocycles. The molecule has 2 nitrogen and oxygen atoms in total. The van der Waals surface area contributed by atoms with E-state index in [1.165, 1.54) is 17.2 Å². The number of aryl methyl sites for hydroxylation is 3. The molecule has 0 aliphatic rings. The molecule has 0 saturated heterocycles. The van der Waals surface area contributed by atoms with Crippen LogP contribution in [0.15, 0.2) is 30.3 Å². The van der Waals surface area contributed by atoms with Crippen molar-refractivity contribution in [2.75, 3.05) is 5.73 Å². The highest BCUT2D eigenvalue weighted by Gasteiger charge is 2.07. The van der Waals surface area contributed by atoms with Gasteiger partial charge in [-0.15, -0.1) is 0 Å². The summed E-state index contributed by atoms with van der Waals surface area (Å²) in [5.74, 6) is -0.183. The van der Waals surface area contributed by atoms with E-state index < -0.39 is 5.82 Å². The van der Waals surface area contributed by atoms with E-state index >= 15 is 0 Å². The molecule has 0 aliphatic carbocycles. The number of rotatable bonds is 3. The summed E-state index contributed by atoms with van der Waals surface area (Å²) in [6, 6.07) is 9.01. The maximum absolute atomic E-state index is 13.7. The van der Waals surface area contributed by atoms with Gasteiger partial charge in [0, 0.05) is 11.8 Å². The molecule has 100 valence electrons. The van der Waals surface area contributed by atoms with Gasteiger partial charge in [0.25, 0.3) is 0 Å². The number of nitrogens with two attached hydrogens (primary N) is 1. The summed E-state index contributed by atoms with van der Waals surface area (Å²) in [5.41, 5.74) is 10.4. The van der Waals surface area contributed by atoms with Crippen LogP contribution >= 0.6 is 0 Å². The Morgan fingerprint density at radius 3 is 2.42 bits per heavy atom. The van der Waals surface area contributed by atoms with Crippen LogP contribution < -0.4 is 10.5 Å². The van der Waals surface area contributed by atoms with Gasteiger partial charge < -0.3 is 10.5 Å². The van der Waals surface area contributed by atoms with Crippen LogP contribution in [0.2, 0.25) is 0 Å². The van der Waals surface area contributed by atoms with E-state index in [9.17, 15) is 4.39 Å². The largest absolute Gasteiger partial charge is 0.486 e. The van der Waals surface area contributed by atoms with Crippen LogP contribution in [0.1, 0.15) is 22.3 Å². The van der Waals surface area contributed by atoms with Gasteiger partial charge in [-0.1, -0.05) is 18.2 Å². The van der Waals surface area contributed by atoms with Crippen molar-refractivity contribution in [3.8, 4) is 5.75 Å². The SMILES string of the molecule is Cc1ccc(COc2cc(C)c(N)cc2F)cc1C. The third kappa shape index (κ3) is 3.05. The topological polar surface area (TPSA) is 35.2 Å². The minimum atomic E-state index is -0.424. The van der Waals surface area contributed by atoms with Crippen molar-refractivity contribution < 1.29 is 9.13 Å². The minimum absolute atomic E-state index is 0.241. The number of hydrogen-bond donors (Lipinski definition) is 1. The predicted molar refractivity (Wildman–Crippen MR) is 75.8 cm³/mol. The third-order valence-corrected chi connectivity index (χ3v) is 3.29. The molecule has 0 aromatic heterocycles. The standard InChI is InChI=1S/C16H18FNO/c1-10-4-5-13(6-11(10)2)9-19-16-7-12(3)15(18)8-14(16)17/h4-8H,9,18H2,1-3H3. The average Bonchev–Trinajstić information content (AvgIpc) is 2.36. The van der Waals surface area contributed by atoms with Crippen molar-refractivity contribution in [3.05, 3.63) is 58.4 Å². The Morgan fingerprint density at radius 2 is 1.74 bits per heavy atom. The first-order valence-corrected chi connectivity index (χ1v) is 6.22. The molecule has 0 bridgehead atoms. The Hall–Kier alpha value is -2.03. The maximum atomic E-state index is 13.7. The molecule has 2 rings (SSSR count). The number of benzene rings is 2. The van der Waals surface area contributed by atoms with Crippen LogP contribution in [0.3, 0.4) is 0 Å². The summed E-state index contributed by atoms with van der Waals surface area (Å²) in [6.45, 7) is 6.29. The normalized spacial score (nSPS) is 10.5. The minimum Gasteiger partial charge on any atom is -0.486 e. The van der Waals surface area contributed by atoms with E-state index in [-0.39, 0.29) is 5.75 Å². The van der Waals surface area contributed by atoms with E-state index in [2.05, 4.69) is 13.0 Å². The molecule has 2 N–H and O–H groups in total. The highest BCUT2D eigenvalue weighted by atomic mass is 19.1. The fourth-order valence-electron chi connectivity index (χ4n) is 1.84. The Balaban J connectivity index is 2.14. The zero-order valence-corrected chi connectivity index (χ0v) is 11.5. The fourth-order valence-corrected chi connectivity index (χ4v) is 1.84. The van der Waals surface area contributed by atoms with Crippen LogP contribution in [0.4, 0.5) is 10.1 Å². The van der Waals surface area contributed by atoms with Crippen LogP contribution in [0.5, 0.6) is 5.75 Å². The number of anilines is 1. The van der Waals surface area contributed by atoms with Gasteiger partial charge in [-0.2, -0.15) is 0 Å². The molecular formula is C16H18FNO. The number of halogens is 1. The second-order valence-corrected chi connectivity index (χ2v) is 4.85. The summed E-state index contributed by atoms with van der Waals surface area (Å²) < 4.78 is 19.2. The van der Waals surface area contributed by atoms with Crippen LogP contribution in [-0.2, 0) is 6.61 Å². The van der Waals surface area contributed by atoms with Gasteiger partial charge in [-0.25, -0.2) is 4.39 Å². The van der Waals surface area contributed by atoms with E-state index in [1.807, 2.05) is 26.0 Å². The van der Waals surface area contributed by atoms with Crippen molar-refractivity contribution in [2.24, 2.45) is 0 Å². The summed E-state index contributed by atoms with van der Waals surface area (Å²) in [4.78, 5) is 0. The Labute approximate surface area is 113 Å². The highest BCUT2D eigenvalue weighted by Crippen LogP contribution is 2.24. The summed E-state index contributed by atoms with van der Waals surface area (Å²) in [7, 11) is 0. The monoisotopic (exact) mass is 259 g/mol. The Morgan fingerprint density at radius 1 is 1.00 bits per heavy atom. The van der Waals surface area contributed by atoms with Crippen LogP contribution in [0.25, 0.3) is 0 Å². The lowest BCUT2D eigenvalue weighted by Gasteiger charge is -2.10. The molecular weight excluding hydrogens is 241 g/mol. The van der Waals surface area contributed by atoms with Crippen molar-refractivity contribution in [2.45, 2.75) is 27.4 Å². The molecule has 0 saturated carbocycles. The Bertz CT molecular complexity index is 608. The molecule has 0 atom stereocenters. The van der Waals surface area contributed by atoms with Crippen molar-refractivity contribution in [3.63, 3.8) is 0 Å². The lowest BCUT2D eigenvalue weighted by molar-refractivity contribution is 0.290. The van der Waals surface area contributed by atoms with Crippen LogP contribution in [0, 0.1) is 26.6 Å². The smallest absolute Gasteiger partial charge is 0.167 e. The molecule has 2 aromatic carbocycles. The summed E-state index contributed by atoms with van der Waals surface area (Å²) in [6.07, 6.45) is 0. The molecule has 0 heterocycles. The Kier molecular flexibility index (Phi) is 3.74. The van der Waals surface area contributed by atoms with E-state index in [4.69, 9.17) is 10.5 Å². The van der Waals surface area contributed by atoms with Crippen LogP contribution in [-0.4, -0.2) is 0 Å². The first-order chi connectivity index (χ1) is 8.97. The predicted octanol–water partition coefficient (Wildman–Crippen LogP) is 3.91. The third-order valence-electron chi connectivity index (χ3n) is 3.29. The quantitative estimate of drug-likeness (QED) is 0.848. The molecule has 0 unspecified atom stereocenters. The van der Waals surface area contributed by atoms with Crippen molar-refractivity contribution in [1.29, 1.82) is 0 Å². The van der Waals surface area contributed by atoms with Gasteiger partial charge in [-0.3, -0.25) is 0 Å². The zero-order chi connectivity index (χ0) is 14.0. The van der Waals surface area contributed by atoms with Gasteiger partial charge in [0.15, 0.2) is 11.6 Å². The van der Waals surface area contributed by atoms with Crippen molar-refractivity contribution in [1.82, 2.24) is 0 Å². The molecule has 0 fully saturated rings. The van der Waals surface area contributed by atoms with Crippen molar-refractivity contribution >= 4 is 5.69 Å².